The smallest absolute Gasteiger partial charge is 0.410 e. The van der Waals surface area contributed by atoms with E-state index in [1.807, 2.05) is 37.8 Å². The summed E-state index contributed by atoms with van der Waals surface area (Å²) in [5, 5.41) is 0.918. The Morgan fingerprint density at radius 1 is 1.25 bits per heavy atom. The number of carbonyl (C=O) groups excluding carboxylic acids is 2. The van der Waals surface area contributed by atoms with Crippen LogP contribution in [0.2, 0.25) is 0 Å². The van der Waals surface area contributed by atoms with E-state index in [4.69, 9.17) is 14.2 Å². The summed E-state index contributed by atoms with van der Waals surface area (Å²) in [7, 11) is 1.60. The number of hydrogen-bond acceptors (Lipinski definition) is 6. The standard InChI is InChI=1S/C24H31N3O5/c1-6-15-11-16-12-20-18(13-19(16)25-21(15)30-5)22(28)27-9-8-26(14-17(27)7-10-31-20)23(29)32-24(2,3)4/h11-13,17H,6-10,14H2,1-5H3/t17-/m1/s1. The lowest BCUT2D eigenvalue weighted by Gasteiger charge is -2.42. The Hall–Kier alpha value is -3.03. The minimum Gasteiger partial charge on any atom is -0.493 e. The van der Waals surface area contributed by atoms with E-state index in [2.05, 4.69) is 11.9 Å². The van der Waals surface area contributed by atoms with Gasteiger partial charge in [0.15, 0.2) is 0 Å². The van der Waals surface area contributed by atoms with Gasteiger partial charge in [0.1, 0.15) is 11.4 Å². The number of aromatic nitrogens is 1. The van der Waals surface area contributed by atoms with Gasteiger partial charge in [-0.2, -0.15) is 0 Å². The van der Waals surface area contributed by atoms with Gasteiger partial charge < -0.3 is 24.0 Å². The number of amides is 2. The monoisotopic (exact) mass is 441 g/mol. The van der Waals surface area contributed by atoms with Crippen LogP contribution < -0.4 is 9.47 Å². The van der Waals surface area contributed by atoms with Crippen molar-refractivity contribution < 1.29 is 23.8 Å². The number of methoxy groups -OCH3 is 1. The van der Waals surface area contributed by atoms with Crippen LogP contribution in [0.3, 0.4) is 0 Å². The fourth-order valence-corrected chi connectivity index (χ4v) is 4.27. The first kappa shape index (κ1) is 22.2. The molecule has 2 amide bonds. The van der Waals surface area contributed by atoms with E-state index in [1.165, 1.54) is 0 Å². The van der Waals surface area contributed by atoms with E-state index in [-0.39, 0.29) is 18.0 Å². The molecule has 4 rings (SSSR count). The largest absolute Gasteiger partial charge is 0.493 e. The van der Waals surface area contributed by atoms with Gasteiger partial charge in [-0.1, -0.05) is 6.92 Å². The van der Waals surface area contributed by atoms with Crippen molar-refractivity contribution in [2.45, 2.75) is 52.2 Å². The predicted molar refractivity (Wildman–Crippen MR) is 120 cm³/mol. The van der Waals surface area contributed by atoms with Crippen molar-refractivity contribution in [3.63, 3.8) is 0 Å². The van der Waals surface area contributed by atoms with Crippen molar-refractivity contribution in [1.29, 1.82) is 0 Å². The van der Waals surface area contributed by atoms with Crippen molar-refractivity contribution in [1.82, 2.24) is 14.8 Å². The van der Waals surface area contributed by atoms with Crippen molar-refractivity contribution in [3.8, 4) is 11.6 Å². The molecule has 2 aliphatic rings. The van der Waals surface area contributed by atoms with E-state index in [0.717, 1.165) is 17.4 Å². The number of nitrogens with zero attached hydrogens (tertiary/aromatic N) is 3. The fraction of sp³-hybridized carbons (Fsp3) is 0.542. The zero-order chi connectivity index (χ0) is 23.0. The normalized spacial score (nSPS) is 18.9. The molecule has 1 saturated heterocycles. The molecule has 0 bridgehead atoms. The maximum absolute atomic E-state index is 13.5. The zero-order valence-corrected chi connectivity index (χ0v) is 19.4. The summed E-state index contributed by atoms with van der Waals surface area (Å²) in [6.45, 7) is 9.37. The molecule has 32 heavy (non-hydrogen) atoms. The fourth-order valence-electron chi connectivity index (χ4n) is 4.27. The molecule has 172 valence electrons. The first-order valence-electron chi connectivity index (χ1n) is 11.1. The molecule has 0 spiro atoms. The minimum absolute atomic E-state index is 0.101. The molecular weight excluding hydrogens is 410 g/mol. The van der Waals surface area contributed by atoms with Crippen LogP contribution in [0.1, 0.15) is 50.0 Å². The molecule has 8 heteroatoms. The number of hydrogen-bond donors (Lipinski definition) is 0. The Bertz CT molecular complexity index is 1050. The van der Waals surface area contributed by atoms with E-state index < -0.39 is 5.60 Å². The lowest BCUT2D eigenvalue weighted by molar-refractivity contribution is 0.00110. The second-order valence-electron chi connectivity index (χ2n) is 9.27. The number of piperazine rings is 1. The van der Waals surface area contributed by atoms with Gasteiger partial charge >= 0.3 is 6.09 Å². The topological polar surface area (TPSA) is 81.2 Å². The van der Waals surface area contributed by atoms with Gasteiger partial charge in [0.25, 0.3) is 5.91 Å². The van der Waals surface area contributed by atoms with Crippen LogP contribution in [0.15, 0.2) is 18.2 Å². The van der Waals surface area contributed by atoms with Gasteiger partial charge in [-0.25, -0.2) is 9.78 Å². The molecule has 0 aliphatic carbocycles. The maximum Gasteiger partial charge on any atom is 0.410 e. The molecule has 1 atom stereocenters. The molecule has 0 radical (unpaired) electrons. The average Bonchev–Trinajstić information content (AvgIpc) is 2.75. The molecular formula is C24H31N3O5. The highest BCUT2D eigenvalue weighted by Gasteiger charge is 2.36. The molecule has 3 heterocycles. The maximum atomic E-state index is 13.5. The Labute approximate surface area is 188 Å². The van der Waals surface area contributed by atoms with E-state index in [1.54, 1.807) is 18.1 Å². The van der Waals surface area contributed by atoms with Crippen LogP contribution in [0.25, 0.3) is 10.9 Å². The molecule has 0 N–H and O–H groups in total. The summed E-state index contributed by atoms with van der Waals surface area (Å²) < 4.78 is 17.0. The third kappa shape index (κ3) is 4.31. The van der Waals surface area contributed by atoms with Crippen LogP contribution in [-0.2, 0) is 11.2 Å². The number of rotatable bonds is 2. The van der Waals surface area contributed by atoms with Gasteiger partial charge in [-0.3, -0.25) is 4.79 Å². The van der Waals surface area contributed by atoms with Crippen molar-refractivity contribution >= 4 is 22.9 Å². The summed E-state index contributed by atoms with van der Waals surface area (Å²) in [4.78, 5) is 34.2. The summed E-state index contributed by atoms with van der Waals surface area (Å²) in [5.74, 6) is 1.04. The van der Waals surface area contributed by atoms with Crippen molar-refractivity contribution in [2.24, 2.45) is 0 Å². The molecule has 1 fully saturated rings. The van der Waals surface area contributed by atoms with Crippen molar-refractivity contribution in [2.75, 3.05) is 33.4 Å². The van der Waals surface area contributed by atoms with Crippen molar-refractivity contribution in [3.05, 3.63) is 29.3 Å². The van der Waals surface area contributed by atoms with Crippen LogP contribution >= 0.6 is 0 Å². The van der Waals surface area contributed by atoms with Gasteiger partial charge in [0.05, 0.1) is 30.8 Å². The number of pyridine rings is 1. The summed E-state index contributed by atoms with van der Waals surface area (Å²) >= 11 is 0. The quantitative estimate of drug-likeness (QED) is 0.708. The van der Waals surface area contributed by atoms with Gasteiger partial charge in [0.2, 0.25) is 5.88 Å². The van der Waals surface area contributed by atoms with Gasteiger partial charge in [-0.15, -0.1) is 0 Å². The second-order valence-corrected chi connectivity index (χ2v) is 9.27. The number of fused-ring (bicyclic) bond motifs is 3. The first-order chi connectivity index (χ1) is 15.2. The van der Waals surface area contributed by atoms with Gasteiger partial charge in [-0.05, 0) is 45.4 Å². The Balaban J connectivity index is 1.62. The molecule has 2 aliphatic heterocycles. The highest BCUT2D eigenvalue weighted by Crippen LogP contribution is 2.32. The summed E-state index contributed by atoms with van der Waals surface area (Å²) in [5.41, 5.74) is 1.64. The summed E-state index contributed by atoms with van der Waals surface area (Å²) in [6, 6.07) is 5.59. The predicted octanol–water partition coefficient (Wildman–Crippen LogP) is 3.65. The number of ether oxygens (including phenoxy) is 3. The lowest BCUT2D eigenvalue weighted by Crippen LogP contribution is -2.58. The Morgan fingerprint density at radius 3 is 2.72 bits per heavy atom. The van der Waals surface area contributed by atoms with Crippen LogP contribution in [0.5, 0.6) is 11.6 Å². The van der Waals surface area contributed by atoms with Gasteiger partial charge in [0, 0.05) is 37.0 Å². The van der Waals surface area contributed by atoms with E-state index in [0.29, 0.717) is 55.4 Å². The molecule has 2 aromatic rings. The summed E-state index contributed by atoms with van der Waals surface area (Å²) in [6.07, 6.45) is 1.10. The third-order valence-corrected chi connectivity index (χ3v) is 5.86. The highest BCUT2D eigenvalue weighted by atomic mass is 16.6. The minimum atomic E-state index is -0.556. The Kier molecular flexibility index (Phi) is 5.88. The first-order valence-corrected chi connectivity index (χ1v) is 11.1. The van der Waals surface area contributed by atoms with Crippen LogP contribution in [0, 0.1) is 0 Å². The zero-order valence-electron chi connectivity index (χ0n) is 19.4. The average molecular weight is 442 g/mol. The molecule has 8 nitrogen and oxygen atoms in total. The SMILES string of the molecule is CCc1cc2cc3c(cc2nc1OC)C(=O)N1CCN(C(=O)OC(C)(C)C)C[C@H]1CCO3. The number of carbonyl (C=O) groups is 2. The molecule has 0 saturated carbocycles. The number of benzene rings is 1. The van der Waals surface area contributed by atoms with E-state index >= 15 is 0 Å². The molecule has 1 aromatic carbocycles. The number of aryl methyl sites for hydroxylation is 1. The Morgan fingerprint density at radius 2 is 2.03 bits per heavy atom. The lowest BCUT2D eigenvalue weighted by atomic mass is 10.0. The van der Waals surface area contributed by atoms with Crippen LogP contribution in [0.4, 0.5) is 4.79 Å². The van der Waals surface area contributed by atoms with E-state index in [9.17, 15) is 9.59 Å². The second kappa shape index (κ2) is 8.48. The molecule has 0 unspecified atom stereocenters. The molecule has 1 aromatic heterocycles. The highest BCUT2D eigenvalue weighted by molar-refractivity contribution is 6.01. The third-order valence-electron chi connectivity index (χ3n) is 5.86. The van der Waals surface area contributed by atoms with Crippen LogP contribution in [-0.4, -0.2) is 71.8 Å².